The van der Waals surface area contributed by atoms with E-state index in [-0.39, 0.29) is 5.56 Å². The van der Waals surface area contributed by atoms with Crippen molar-refractivity contribution in [2.24, 2.45) is 0 Å². The molecule has 0 saturated heterocycles. The third-order valence-electron chi connectivity index (χ3n) is 1.70. The van der Waals surface area contributed by atoms with Gasteiger partial charge in [-0.3, -0.25) is 9.78 Å². The van der Waals surface area contributed by atoms with Crippen LogP contribution in [-0.4, -0.2) is 21.8 Å². The Morgan fingerprint density at radius 2 is 2.33 bits per heavy atom. The van der Waals surface area contributed by atoms with Gasteiger partial charge in [-0.1, -0.05) is 13.8 Å². The van der Waals surface area contributed by atoms with Gasteiger partial charge >= 0.3 is 0 Å². The second kappa shape index (κ2) is 5.80. The summed E-state index contributed by atoms with van der Waals surface area (Å²) in [6.07, 6.45) is 0. The molecule has 0 fully saturated rings. The van der Waals surface area contributed by atoms with E-state index in [0.717, 1.165) is 18.0 Å². The molecule has 0 saturated carbocycles. The Bertz CT molecular complexity index is 362. The van der Waals surface area contributed by atoms with Crippen LogP contribution in [0.2, 0.25) is 0 Å². The molecule has 0 amide bonds. The minimum atomic E-state index is -0.0969. The normalized spacial score (nSPS) is 10.7. The predicted molar refractivity (Wildman–Crippen MR) is 65.5 cm³/mol. The molecule has 1 aromatic heterocycles. The molecule has 5 heteroatoms. The van der Waals surface area contributed by atoms with Crippen LogP contribution >= 0.6 is 11.8 Å². The van der Waals surface area contributed by atoms with Crippen LogP contribution in [0.1, 0.15) is 26.5 Å². The Morgan fingerprint density at radius 3 is 2.93 bits per heavy atom. The molecular weight excluding hydrogens is 210 g/mol. The van der Waals surface area contributed by atoms with E-state index in [1.807, 2.05) is 6.92 Å². The molecule has 1 aromatic rings. The van der Waals surface area contributed by atoms with Crippen molar-refractivity contribution in [2.75, 3.05) is 11.9 Å². The van der Waals surface area contributed by atoms with Gasteiger partial charge in [0.15, 0.2) is 0 Å². The summed E-state index contributed by atoms with van der Waals surface area (Å²) in [4.78, 5) is 18.2. The third-order valence-corrected chi connectivity index (χ3v) is 2.83. The van der Waals surface area contributed by atoms with E-state index in [0.29, 0.717) is 11.2 Å². The average Bonchev–Trinajstić information content (AvgIpc) is 2.14. The van der Waals surface area contributed by atoms with Gasteiger partial charge in [0.1, 0.15) is 0 Å². The maximum atomic E-state index is 11.3. The van der Waals surface area contributed by atoms with Crippen molar-refractivity contribution in [3.8, 4) is 0 Å². The number of nitrogens with one attached hydrogen (secondary N) is 2. The topological polar surface area (TPSA) is 57.8 Å². The molecule has 0 aliphatic rings. The van der Waals surface area contributed by atoms with Crippen molar-refractivity contribution in [3.05, 3.63) is 22.1 Å². The third kappa shape index (κ3) is 4.38. The zero-order chi connectivity index (χ0) is 11.3. The second-order valence-corrected chi connectivity index (χ2v) is 5.04. The first-order valence-electron chi connectivity index (χ1n) is 5.07. The number of aromatic amines is 1. The van der Waals surface area contributed by atoms with Gasteiger partial charge in [-0.15, -0.1) is 0 Å². The van der Waals surface area contributed by atoms with Crippen molar-refractivity contribution < 1.29 is 0 Å². The summed E-state index contributed by atoms with van der Waals surface area (Å²) in [5.74, 6) is 1.34. The summed E-state index contributed by atoms with van der Waals surface area (Å²) in [5.41, 5.74) is 0.730. The molecule has 15 heavy (non-hydrogen) atoms. The highest BCUT2D eigenvalue weighted by Crippen LogP contribution is 2.14. The van der Waals surface area contributed by atoms with Gasteiger partial charge in [0.25, 0.3) is 5.56 Å². The van der Waals surface area contributed by atoms with E-state index in [1.54, 1.807) is 17.8 Å². The molecule has 0 bridgehead atoms. The van der Waals surface area contributed by atoms with E-state index in [4.69, 9.17) is 0 Å². The van der Waals surface area contributed by atoms with Gasteiger partial charge in [-0.05, 0) is 12.2 Å². The molecule has 0 aliphatic carbocycles. The van der Waals surface area contributed by atoms with Gasteiger partial charge in [-0.2, -0.15) is 11.8 Å². The quantitative estimate of drug-likeness (QED) is 0.806. The number of hydrogen-bond donors (Lipinski definition) is 2. The SMILES string of the molecule is CCNc1nc(CSC(C)C)cc(=O)[nH]1. The maximum absolute atomic E-state index is 11.3. The molecule has 0 unspecified atom stereocenters. The van der Waals surface area contributed by atoms with Gasteiger partial charge in [-0.25, -0.2) is 4.98 Å². The molecule has 0 aliphatic heterocycles. The van der Waals surface area contributed by atoms with Crippen molar-refractivity contribution in [3.63, 3.8) is 0 Å². The molecular formula is C10H17N3OS. The Morgan fingerprint density at radius 1 is 1.60 bits per heavy atom. The zero-order valence-electron chi connectivity index (χ0n) is 9.33. The van der Waals surface area contributed by atoms with Crippen LogP contribution in [0.25, 0.3) is 0 Å². The van der Waals surface area contributed by atoms with Crippen LogP contribution in [0.4, 0.5) is 5.95 Å². The van der Waals surface area contributed by atoms with Crippen LogP contribution in [0, 0.1) is 0 Å². The molecule has 1 heterocycles. The molecule has 0 atom stereocenters. The number of anilines is 1. The largest absolute Gasteiger partial charge is 0.356 e. The first kappa shape index (κ1) is 12.1. The van der Waals surface area contributed by atoms with E-state index in [2.05, 4.69) is 29.1 Å². The van der Waals surface area contributed by atoms with Gasteiger partial charge in [0.2, 0.25) is 5.95 Å². The first-order chi connectivity index (χ1) is 7.11. The lowest BCUT2D eigenvalue weighted by atomic mass is 10.4. The zero-order valence-corrected chi connectivity index (χ0v) is 10.1. The molecule has 4 nitrogen and oxygen atoms in total. The number of hydrogen-bond acceptors (Lipinski definition) is 4. The second-order valence-electron chi connectivity index (χ2n) is 3.48. The van der Waals surface area contributed by atoms with Gasteiger partial charge in [0.05, 0.1) is 5.69 Å². The van der Waals surface area contributed by atoms with Gasteiger partial charge < -0.3 is 5.32 Å². The van der Waals surface area contributed by atoms with E-state index < -0.39 is 0 Å². The highest BCUT2D eigenvalue weighted by Gasteiger charge is 2.02. The lowest BCUT2D eigenvalue weighted by molar-refractivity contribution is 1.01. The number of aromatic nitrogens is 2. The van der Waals surface area contributed by atoms with Crippen molar-refractivity contribution in [1.82, 2.24) is 9.97 Å². The standard InChI is InChI=1S/C10H17N3OS/c1-4-11-10-12-8(5-9(14)13-10)6-15-7(2)3/h5,7H,4,6H2,1-3H3,(H2,11,12,13,14). The number of rotatable bonds is 5. The minimum Gasteiger partial charge on any atom is -0.356 e. The molecule has 0 radical (unpaired) electrons. The summed E-state index contributed by atoms with van der Waals surface area (Å²) in [7, 11) is 0. The van der Waals surface area contributed by atoms with E-state index in [1.165, 1.54) is 0 Å². The van der Waals surface area contributed by atoms with E-state index >= 15 is 0 Å². The van der Waals surface area contributed by atoms with Crippen molar-refractivity contribution >= 4 is 17.7 Å². The first-order valence-corrected chi connectivity index (χ1v) is 6.12. The summed E-state index contributed by atoms with van der Waals surface area (Å²) >= 11 is 1.78. The number of nitrogens with zero attached hydrogens (tertiary/aromatic N) is 1. The minimum absolute atomic E-state index is 0.0969. The lowest BCUT2D eigenvalue weighted by Crippen LogP contribution is -2.13. The summed E-state index contributed by atoms with van der Waals surface area (Å²) in [5, 5.41) is 3.55. The Labute approximate surface area is 93.9 Å². The Hall–Kier alpha value is -0.970. The number of H-pyrrole nitrogens is 1. The summed E-state index contributed by atoms with van der Waals surface area (Å²) in [6.45, 7) is 6.98. The van der Waals surface area contributed by atoms with Crippen LogP contribution in [0.5, 0.6) is 0 Å². The maximum Gasteiger partial charge on any atom is 0.252 e. The molecule has 84 valence electrons. The fraction of sp³-hybridized carbons (Fsp3) is 0.600. The summed E-state index contributed by atoms with van der Waals surface area (Å²) in [6, 6.07) is 1.55. The lowest BCUT2D eigenvalue weighted by Gasteiger charge is -2.06. The highest BCUT2D eigenvalue weighted by molar-refractivity contribution is 7.99. The van der Waals surface area contributed by atoms with Crippen LogP contribution in [-0.2, 0) is 5.75 Å². The predicted octanol–water partition coefficient (Wildman–Crippen LogP) is 1.84. The molecule has 0 aromatic carbocycles. The van der Waals surface area contributed by atoms with Crippen LogP contribution < -0.4 is 10.9 Å². The number of thioether (sulfide) groups is 1. The summed E-state index contributed by atoms with van der Waals surface area (Å²) < 4.78 is 0. The fourth-order valence-corrected chi connectivity index (χ4v) is 1.74. The van der Waals surface area contributed by atoms with Crippen molar-refractivity contribution in [2.45, 2.75) is 31.8 Å². The smallest absolute Gasteiger partial charge is 0.252 e. The molecule has 0 spiro atoms. The van der Waals surface area contributed by atoms with Crippen LogP contribution in [0.15, 0.2) is 10.9 Å². The monoisotopic (exact) mass is 227 g/mol. The Balaban J connectivity index is 2.75. The molecule has 1 rings (SSSR count). The fourth-order valence-electron chi connectivity index (χ4n) is 1.09. The van der Waals surface area contributed by atoms with Crippen LogP contribution in [0.3, 0.4) is 0 Å². The van der Waals surface area contributed by atoms with Crippen molar-refractivity contribution in [1.29, 1.82) is 0 Å². The van der Waals surface area contributed by atoms with E-state index in [9.17, 15) is 4.79 Å². The Kier molecular flexibility index (Phi) is 4.68. The molecule has 2 N–H and O–H groups in total. The van der Waals surface area contributed by atoms with Gasteiger partial charge in [0, 0.05) is 18.4 Å². The highest BCUT2D eigenvalue weighted by atomic mass is 32.2. The average molecular weight is 227 g/mol.